The molecule has 1 atom stereocenters. The van der Waals surface area contributed by atoms with E-state index in [4.69, 9.17) is 19.4 Å². The molecule has 0 saturated heterocycles. The molecule has 1 aromatic carbocycles. The summed E-state index contributed by atoms with van der Waals surface area (Å²) in [6.45, 7) is 6.88. The summed E-state index contributed by atoms with van der Waals surface area (Å²) >= 11 is 0. The van der Waals surface area contributed by atoms with E-state index in [1.54, 1.807) is 38.1 Å². The zero-order valence-electron chi connectivity index (χ0n) is 15.0. The molecule has 1 aliphatic heterocycles. The Bertz CT molecular complexity index is 626. The second kappa shape index (κ2) is 7.74. The van der Waals surface area contributed by atoms with Crippen molar-refractivity contribution in [2.45, 2.75) is 59.2 Å². The number of carbonyl (C=O) groups is 2. The van der Waals surface area contributed by atoms with Gasteiger partial charge >= 0.3 is 17.7 Å². The fourth-order valence-electron chi connectivity index (χ4n) is 2.21. The molecule has 7 nitrogen and oxygen atoms in total. The van der Waals surface area contributed by atoms with Crippen molar-refractivity contribution < 1.29 is 33.9 Å². The fraction of sp³-hybridized carbons (Fsp3) is 0.556. The molecule has 2 rings (SSSR count). The van der Waals surface area contributed by atoms with Gasteiger partial charge in [0.2, 0.25) is 5.75 Å². The SMILES string of the molecule is CCCCCC(C)(C)C(=O)OOC(=O)C1(C)OOc2ccccc2O1. The molecule has 0 fully saturated rings. The van der Waals surface area contributed by atoms with Crippen LogP contribution in [0.25, 0.3) is 0 Å². The first kappa shape index (κ1) is 19.1. The number of rotatable bonds is 6. The van der Waals surface area contributed by atoms with E-state index in [0.717, 1.165) is 19.3 Å². The molecule has 7 heteroatoms. The number of benzene rings is 1. The highest BCUT2D eigenvalue weighted by molar-refractivity contribution is 5.80. The third-order valence-corrected chi connectivity index (χ3v) is 3.97. The average molecular weight is 352 g/mol. The molecule has 0 amide bonds. The minimum absolute atomic E-state index is 0.319. The molecule has 25 heavy (non-hydrogen) atoms. The normalized spacial score (nSPS) is 19.2. The van der Waals surface area contributed by atoms with Crippen molar-refractivity contribution >= 4 is 11.9 Å². The second-order valence-corrected chi connectivity index (χ2v) is 6.74. The molecular formula is C18H24O7. The van der Waals surface area contributed by atoms with E-state index >= 15 is 0 Å². The van der Waals surface area contributed by atoms with Gasteiger partial charge in [0.1, 0.15) is 0 Å². The van der Waals surface area contributed by atoms with Gasteiger partial charge in [0.05, 0.1) is 5.41 Å². The summed E-state index contributed by atoms with van der Waals surface area (Å²) in [4.78, 5) is 43.7. The van der Waals surface area contributed by atoms with E-state index in [1.165, 1.54) is 6.92 Å². The number of hydrogen-bond acceptors (Lipinski definition) is 7. The Balaban J connectivity index is 1.90. The van der Waals surface area contributed by atoms with Crippen molar-refractivity contribution in [3.63, 3.8) is 0 Å². The molecule has 0 aromatic heterocycles. The summed E-state index contributed by atoms with van der Waals surface area (Å²) in [7, 11) is 0. The van der Waals surface area contributed by atoms with Crippen LogP contribution in [0.3, 0.4) is 0 Å². The van der Waals surface area contributed by atoms with E-state index < -0.39 is 23.1 Å². The molecule has 0 radical (unpaired) electrons. The van der Waals surface area contributed by atoms with Crippen LogP contribution in [-0.4, -0.2) is 17.7 Å². The molecule has 0 spiro atoms. The number of hydrogen-bond donors (Lipinski definition) is 0. The first-order chi connectivity index (χ1) is 11.8. The molecule has 0 N–H and O–H groups in total. The van der Waals surface area contributed by atoms with Gasteiger partial charge in [0.25, 0.3) is 0 Å². The van der Waals surface area contributed by atoms with Crippen molar-refractivity contribution in [3.05, 3.63) is 24.3 Å². The van der Waals surface area contributed by atoms with Gasteiger partial charge in [0.15, 0.2) is 5.75 Å². The predicted molar refractivity (Wildman–Crippen MR) is 87.3 cm³/mol. The van der Waals surface area contributed by atoms with Crippen molar-refractivity contribution in [1.29, 1.82) is 0 Å². The van der Waals surface area contributed by atoms with Crippen LogP contribution in [0.5, 0.6) is 11.5 Å². The van der Waals surface area contributed by atoms with Crippen LogP contribution >= 0.6 is 0 Å². The fourth-order valence-corrected chi connectivity index (χ4v) is 2.21. The number of fused-ring (bicyclic) bond motifs is 1. The summed E-state index contributed by atoms with van der Waals surface area (Å²) in [5.41, 5.74) is -0.756. The maximum Gasteiger partial charge on any atom is 0.430 e. The second-order valence-electron chi connectivity index (χ2n) is 6.74. The number of unbranched alkanes of at least 4 members (excludes halogenated alkanes) is 2. The van der Waals surface area contributed by atoms with Crippen molar-refractivity contribution in [2.75, 3.05) is 0 Å². The monoisotopic (exact) mass is 352 g/mol. The average Bonchev–Trinajstić information content (AvgIpc) is 2.59. The van der Waals surface area contributed by atoms with Crippen LogP contribution in [0.1, 0.15) is 53.4 Å². The standard InChI is InChI=1S/C18H24O7/c1-5-6-9-12-17(2,3)15(19)23-24-16(20)18(4)21-13-10-7-8-11-14(13)22-25-18/h7-8,10-11H,5-6,9,12H2,1-4H3. The molecular weight excluding hydrogens is 328 g/mol. The smallest absolute Gasteiger partial charge is 0.430 e. The lowest BCUT2D eigenvalue weighted by Crippen LogP contribution is -2.48. The lowest BCUT2D eigenvalue weighted by Gasteiger charge is -2.30. The summed E-state index contributed by atoms with van der Waals surface area (Å²) in [5, 5.41) is 0. The van der Waals surface area contributed by atoms with Gasteiger partial charge in [-0.25, -0.2) is 19.4 Å². The van der Waals surface area contributed by atoms with Crippen molar-refractivity contribution in [3.8, 4) is 11.5 Å². The molecule has 1 heterocycles. The molecule has 138 valence electrons. The molecule has 0 aliphatic carbocycles. The van der Waals surface area contributed by atoms with Crippen LogP contribution in [-0.2, 0) is 24.3 Å². The van der Waals surface area contributed by atoms with Gasteiger partial charge in [-0.2, -0.15) is 0 Å². The molecule has 1 aliphatic rings. The van der Waals surface area contributed by atoms with Crippen LogP contribution in [0.4, 0.5) is 0 Å². The molecule has 1 unspecified atom stereocenters. The van der Waals surface area contributed by atoms with E-state index in [1.807, 2.05) is 0 Å². The Hall–Kier alpha value is -2.28. The minimum Gasteiger partial charge on any atom is -0.445 e. The highest BCUT2D eigenvalue weighted by Gasteiger charge is 2.47. The van der Waals surface area contributed by atoms with Crippen LogP contribution in [0.15, 0.2) is 24.3 Å². The first-order valence-corrected chi connectivity index (χ1v) is 8.35. The summed E-state index contributed by atoms with van der Waals surface area (Å²) in [5.74, 6) is -2.88. The molecule has 1 aromatic rings. The third kappa shape index (κ3) is 4.63. The lowest BCUT2D eigenvalue weighted by molar-refractivity contribution is -0.371. The van der Waals surface area contributed by atoms with Gasteiger partial charge in [-0.15, -0.1) is 4.89 Å². The molecule has 0 bridgehead atoms. The number of ether oxygens (including phenoxy) is 1. The van der Waals surface area contributed by atoms with Gasteiger partial charge in [0, 0.05) is 6.92 Å². The Morgan fingerprint density at radius 3 is 2.48 bits per heavy atom. The highest BCUT2D eigenvalue weighted by atomic mass is 17.3. The zero-order chi connectivity index (χ0) is 18.5. The Morgan fingerprint density at radius 2 is 1.80 bits per heavy atom. The zero-order valence-corrected chi connectivity index (χ0v) is 15.0. The van der Waals surface area contributed by atoms with Gasteiger partial charge in [-0.05, 0) is 32.4 Å². The third-order valence-electron chi connectivity index (χ3n) is 3.97. The number of carbonyl (C=O) groups excluding carboxylic acids is 2. The minimum atomic E-state index is -1.87. The lowest BCUT2D eigenvalue weighted by atomic mass is 9.87. The first-order valence-electron chi connectivity index (χ1n) is 8.35. The van der Waals surface area contributed by atoms with Crippen LogP contribution < -0.4 is 9.62 Å². The van der Waals surface area contributed by atoms with Gasteiger partial charge in [-0.1, -0.05) is 38.3 Å². The van der Waals surface area contributed by atoms with Crippen molar-refractivity contribution in [2.24, 2.45) is 5.41 Å². The quantitative estimate of drug-likeness (QED) is 0.438. The summed E-state index contributed by atoms with van der Waals surface area (Å²) in [6, 6.07) is 6.69. The van der Waals surface area contributed by atoms with Gasteiger partial charge < -0.3 is 9.62 Å². The van der Waals surface area contributed by atoms with E-state index in [2.05, 4.69) is 11.8 Å². The largest absolute Gasteiger partial charge is 0.445 e. The van der Waals surface area contributed by atoms with E-state index in [-0.39, 0.29) is 0 Å². The maximum absolute atomic E-state index is 12.2. The van der Waals surface area contributed by atoms with Crippen molar-refractivity contribution in [1.82, 2.24) is 0 Å². The number of para-hydroxylation sites is 2. The maximum atomic E-state index is 12.2. The van der Waals surface area contributed by atoms with Crippen LogP contribution in [0, 0.1) is 5.41 Å². The van der Waals surface area contributed by atoms with E-state index in [0.29, 0.717) is 17.9 Å². The topological polar surface area (TPSA) is 80.3 Å². The Labute approximate surface area is 147 Å². The highest BCUT2D eigenvalue weighted by Crippen LogP contribution is 2.36. The molecule has 0 saturated carbocycles. The van der Waals surface area contributed by atoms with Gasteiger partial charge in [-0.3, -0.25) is 0 Å². The van der Waals surface area contributed by atoms with Crippen LogP contribution in [0.2, 0.25) is 0 Å². The van der Waals surface area contributed by atoms with E-state index in [9.17, 15) is 9.59 Å². The predicted octanol–water partition coefficient (Wildman–Crippen LogP) is 3.71. The Morgan fingerprint density at radius 1 is 1.12 bits per heavy atom. The summed E-state index contributed by atoms with van der Waals surface area (Å²) < 4.78 is 5.47. The Kier molecular flexibility index (Phi) is 5.89. The summed E-state index contributed by atoms with van der Waals surface area (Å²) in [6.07, 6.45) is 3.60.